The van der Waals surface area contributed by atoms with Crippen molar-refractivity contribution < 1.29 is 13.6 Å². The van der Waals surface area contributed by atoms with E-state index in [2.05, 4.69) is 9.97 Å². The summed E-state index contributed by atoms with van der Waals surface area (Å²) in [5.41, 5.74) is 1.53. The van der Waals surface area contributed by atoms with Gasteiger partial charge in [0.05, 0.1) is 13.0 Å². The minimum absolute atomic E-state index is 0.0276. The number of amides is 1. The number of pyridine rings is 1. The minimum Gasteiger partial charge on any atom is -0.346 e. The Bertz CT molecular complexity index is 943. The first kappa shape index (κ1) is 17.6. The summed E-state index contributed by atoms with van der Waals surface area (Å²) in [6.45, 7) is -0.0391. The summed E-state index contributed by atoms with van der Waals surface area (Å²) in [6, 6.07) is 7.59. The lowest BCUT2D eigenvalue weighted by Crippen LogP contribution is -2.39. The standard InChI is InChI=1S/C21H21F2N3O/c22-18-8-3-9-19(23)17(18)13-26(15-5-1-2-6-15)20(27)11-14-12-25-21-16(14)7-4-10-24-21/h3-4,7-10,12,15H,1-2,5-6,11,13H2,(H,24,25). The van der Waals surface area contributed by atoms with Crippen LogP contribution in [0.5, 0.6) is 0 Å². The number of benzene rings is 1. The maximum atomic E-state index is 14.2. The zero-order chi connectivity index (χ0) is 18.8. The number of nitrogens with one attached hydrogen (secondary N) is 1. The first-order chi connectivity index (χ1) is 13.1. The van der Waals surface area contributed by atoms with Crippen LogP contribution in [0.4, 0.5) is 8.78 Å². The summed E-state index contributed by atoms with van der Waals surface area (Å²) in [4.78, 5) is 22.1. The first-order valence-electron chi connectivity index (χ1n) is 9.27. The van der Waals surface area contributed by atoms with E-state index in [0.29, 0.717) is 0 Å². The second-order valence-electron chi connectivity index (χ2n) is 7.05. The van der Waals surface area contributed by atoms with Crippen molar-refractivity contribution in [3.8, 4) is 0 Å². The summed E-state index contributed by atoms with van der Waals surface area (Å²) in [5, 5.41) is 0.897. The molecule has 1 N–H and O–H groups in total. The molecular formula is C21H21F2N3O. The predicted molar refractivity (Wildman–Crippen MR) is 99.0 cm³/mol. The normalized spacial score (nSPS) is 14.7. The molecule has 2 aromatic heterocycles. The smallest absolute Gasteiger partial charge is 0.227 e. The molecule has 4 rings (SSSR count). The molecule has 0 saturated heterocycles. The van der Waals surface area contributed by atoms with Crippen LogP contribution in [0.15, 0.2) is 42.7 Å². The third kappa shape index (κ3) is 3.56. The zero-order valence-corrected chi connectivity index (χ0v) is 14.9. The second kappa shape index (κ2) is 7.47. The quantitative estimate of drug-likeness (QED) is 0.727. The number of hydrogen-bond donors (Lipinski definition) is 1. The van der Waals surface area contributed by atoms with E-state index in [1.807, 2.05) is 12.1 Å². The van der Waals surface area contributed by atoms with Crippen LogP contribution in [0.2, 0.25) is 0 Å². The molecule has 0 atom stereocenters. The van der Waals surface area contributed by atoms with Crippen molar-refractivity contribution in [2.24, 2.45) is 0 Å². The van der Waals surface area contributed by atoms with Crippen molar-refractivity contribution in [3.63, 3.8) is 0 Å². The van der Waals surface area contributed by atoms with Gasteiger partial charge in [-0.05, 0) is 42.7 Å². The van der Waals surface area contributed by atoms with Crippen molar-refractivity contribution in [2.75, 3.05) is 0 Å². The summed E-state index contributed by atoms with van der Waals surface area (Å²) in [6.07, 6.45) is 7.46. The van der Waals surface area contributed by atoms with E-state index in [-0.39, 0.29) is 30.5 Å². The molecule has 0 spiro atoms. The first-order valence-corrected chi connectivity index (χ1v) is 9.27. The Kier molecular flexibility index (Phi) is 4.88. The fourth-order valence-electron chi connectivity index (χ4n) is 3.91. The molecule has 0 aliphatic heterocycles. The van der Waals surface area contributed by atoms with Crippen molar-refractivity contribution in [2.45, 2.75) is 44.7 Å². The molecular weight excluding hydrogens is 348 g/mol. The molecule has 1 fully saturated rings. The Hall–Kier alpha value is -2.76. The number of halogens is 2. The van der Waals surface area contributed by atoms with Gasteiger partial charge in [-0.1, -0.05) is 18.9 Å². The molecule has 1 aliphatic rings. The fourth-order valence-corrected chi connectivity index (χ4v) is 3.91. The number of carbonyl (C=O) groups is 1. The Balaban J connectivity index is 1.61. The average molecular weight is 369 g/mol. The lowest BCUT2D eigenvalue weighted by atomic mass is 10.1. The number of H-pyrrole nitrogens is 1. The van der Waals surface area contributed by atoms with Gasteiger partial charge in [0.15, 0.2) is 0 Å². The highest BCUT2D eigenvalue weighted by atomic mass is 19.1. The van der Waals surface area contributed by atoms with E-state index in [1.54, 1.807) is 17.3 Å². The van der Waals surface area contributed by atoms with Crippen molar-refractivity contribution in [1.82, 2.24) is 14.9 Å². The van der Waals surface area contributed by atoms with Crippen LogP contribution < -0.4 is 0 Å². The molecule has 4 nitrogen and oxygen atoms in total. The van der Waals surface area contributed by atoms with Crippen molar-refractivity contribution >= 4 is 16.9 Å². The Morgan fingerprint density at radius 3 is 2.63 bits per heavy atom. The van der Waals surface area contributed by atoms with Crippen LogP contribution in [0.3, 0.4) is 0 Å². The third-order valence-electron chi connectivity index (χ3n) is 5.35. The van der Waals surface area contributed by atoms with Crippen LogP contribution in [0.1, 0.15) is 36.8 Å². The van der Waals surface area contributed by atoms with Crippen molar-refractivity contribution in [1.29, 1.82) is 0 Å². The monoisotopic (exact) mass is 369 g/mol. The van der Waals surface area contributed by atoms with Gasteiger partial charge < -0.3 is 9.88 Å². The highest BCUT2D eigenvalue weighted by Crippen LogP contribution is 2.28. The molecule has 140 valence electrons. The molecule has 27 heavy (non-hydrogen) atoms. The summed E-state index contributed by atoms with van der Waals surface area (Å²) >= 11 is 0. The largest absolute Gasteiger partial charge is 0.346 e. The molecule has 1 amide bonds. The van der Waals surface area contributed by atoms with Gasteiger partial charge in [0, 0.05) is 29.4 Å². The van der Waals surface area contributed by atoms with Gasteiger partial charge in [-0.15, -0.1) is 0 Å². The van der Waals surface area contributed by atoms with E-state index in [0.717, 1.165) is 42.3 Å². The van der Waals surface area contributed by atoms with Crippen LogP contribution in [-0.4, -0.2) is 26.8 Å². The number of carbonyl (C=O) groups excluding carboxylic acids is 1. The van der Waals surface area contributed by atoms with Gasteiger partial charge >= 0.3 is 0 Å². The van der Waals surface area contributed by atoms with Crippen LogP contribution in [0, 0.1) is 11.6 Å². The topological polar surface area (TPSA) is 49.0 Å². The predicted octanol–water partition coefficient (Wildman–Crippen LogP) is 4.36. The Labute approximate surface area is 156 Å². The molecule has 0 radical (unpaired) electrons. The van der Waals surface area contributed by atoms with Crippen LogP contribution in [0.25, 0.3) is 11.0 Å². The number of fused-ring (bicyclic) bond motifs is 1. The van der Waals surface area contributed by atoms with Gasteiger partial charge in [0.25, 0.3) is 0 Å². The SMILES string of the molecule is O=C(Cc1c[nH]c2ncccc12)N(Cc1c(F)cccc1F)C1CCCC1. The zero-order valence-electron chi connectivity index (χ0n) is 14.9. The minimum atomic E-state index is -0.609. The maximum absolute atomic E-state index is 14.2. The number of aromatic nitrogens is 2. The van der Waals surface area contributed by atoms with E-state index in [9.17, 15) is 13.6 Å². The van der Waals surface area contributed by atoms with Gasteiger partial charge in [-0.25, -0.2) is 13.8 Å². The van der Waals surface area contributed by atoms with Gasteiger partial charge in [0.1, 0.15) is 17.3 Å². The average Bonchev–Trinajstić information content (AvgIpc) is 3.32. The Morgan fingerprint density at radius 2 is 1.89 bits per heavy atom. The molecule has 2 heterocycles. The van der Waals surface area contributed by atoms with Gasteiger partial charge in [-0.2, -0.15) is 0 Å². The van der Waals surface area contributed by atoms with Gasteiger partial charge in [0.2, 0.25) is 5.91 Å². The number of rotatable bonds is 5. The highest BCUT2D eigenvalue weighted by molar-refractivity contribution is 5.87. The molecule has 6 heteroatoms. The van der Waals surface area contributed by atoms with Gasteiger partial charge in [-0.3, -0.25) is 4.79 Å². The van der Waals surface area contributed by atoms with E-state index in [4.69, 9.17) is 0 Å². The number of aromatic amines is 1. The van der Waals surface area contributed by atoms with E-state index >= 15 is 0 Å². The highest BCUT2D eigenvalue weighted by Gasteiger charge is 2.28. The lowest BCUT2D eigenvalue weighted by Gasteiger charge is -2.29. The lowest BCUT2D eigenvalue weighted by molar-refractivity contribution is -0.133. The Morgan fingerprint density at radius 1 is 1.15 bits per heavy atom. The molecule has 1 saturated carbocycles. The number of nitrogens with zero attached hydrogens (tertiary/aromatic N) is 2. The van der Waals surface area contributed by atoms with E-state index in [1.165, 1.54) is 18.2 Å². The maximum Gasteiger partial charge on any atom is 0.227 e. The second-order valence-corrected chi connectivity index (χ2v) is 7.05. The van der Waals surface area contributed by atoms with Crippen molar-refractivity contribution in [3.05, 3.63) is 65.5 Å². The van der Waals surface area contributed by atoms with Crippen LogP contribution >= 0.6 is 0 Å². The molecule has 1 aromatic carbocycles. The summed E-state index contributed by atoms with van der Waals surface area (Å²) < 4.78 is 28.3. The number of hydrogen-bond acceptors (Lipinski definition) is 2. The van der Waals surface area contributed by atoms with Crippen LogP contribution in [-0.2, 0) is 17.8 Å². The fraction of sp³-hybridized carbons (Fsp3) is 0.333. The summed E-state index contributed by atoms with van der Waals surface area (Å²) in [5.74, 6) is -1.33. The molecule has 0 bridgehead atoms. The molecule has 3 aromatic rings. The van der Waals surface area contributed by atoms with E-state index < -0.39 is 11.6 Å². The molecule has 1 aliphatic carbocycles. The summed E-state index contributed by atoms with van der Waals surface area (Å²) in [7, 11) is 0. The third-order valence-corrected chi connectivity index (χ3v) is 5.35. The molecule has 0 unspecified atom stereocenters.